The molecule has 0 radical (unpaired) electrons. The average Bonchev–Trinajstić information content (AvgIpc) is 3.24. The second-order valence-electron chi connectivity index (χ2n) is 8.05. The Kier molecular flexibility index (Phi) is 5.56. The predicted octanol–water partition coefficient (Wildman–Crippen LogP) is 4.30. The summed E-state index contributed by atoms with van der Waals surface area (Å²) in [7, 11) is 0. The minimum absolute atomic E-state index is 0.679. The van der Waals surface area contributed by atoms with Crippen LogP contribution < -0.4 is 10.3 Å². The van der Waals surface area contributed by atoms with Gasteiger partial charge in [0.15, 0.2) is 11.5 Å². The van der Waals surface area contributed by atoms with Crippen molar-refractivity contribution >= 4 is 23.5 Å². The number of ether oxygens (including phenoxy) is 1. The number of anilines is 2. The van der Waals surface area contributed by atoms with E-state index in [0.29, 0.717) is 19.0 Å². The Labute approximate surface area is 187 Å². The van der Waals surface area contributed by atoms with E-state index in [1.54, 1.807) is 0 Å². The molecule has 0 atom stereocenters. The van der Waals surface area contributed by atoms with Crippen LogP contribution in [0.4, 0.5) is 11.6 Å². The van der Waals surface area contributed by atoms with Crippen LogP contribution >= 0.6 is 0 Å². The Morgan fingerprint density at radius 1 is 0.969 bits per heavy atom. The fourth-order valence-electron chi connectivity index (χ4n) is 3.90. The van der Waals surface area contributed by atoms with Crippen LogP contribution in [0.5, 0.6) is 0 Å². The van der Waals surface area contributed by atoms with E-state index in [-0.39, 0.29) is 0 Å². The number of benzene rings is 2. The highest BCUT2D eigenvalue weighted by Gasteiger charge is 2.18. The summed E-state index contributed by atoms with van der Waals surface area (Å²) in [6, 6.07) is 20.6. The maximum atomic E-state index is 5.55. The number of fused-ring (bicyclic) bond motifs is 1. The van der Waals surface area contributed by atoms with Crippen LogP contribution in [0.2, 0.25) is 0 Å². The molecule has 1 saturated heterocycles. The molecule has 5 rings (SSSR count). The quantitative estimate of drug-likeness (QED) is 0.381. The van der Waals surface area contributed by atoms with Crippen molar-refractivity contribution in [3.63, 3.8) is 0 Å². The van der Waals surface area contributed by atoms with Crippen LogP contribution in [-0.2, 0) is 4.74 Å². The summed E-state index contributed by atoms with van der Waals surface area (Å²) in [6.45, 7) is 7.18. The van der Waals surface area contributed by atoms with Gasteiger partial charge in [0.25, 0.3) is 0 Å². The van der Waals surface area contributed by atoms with E-state index in [1.165, 1.54) is 11.1 Å². The number of aryl methyl sites for hydroxylation is 2. The largest absolute Gasteiger partial charge is 0.378 e. The van der Waals surface area contributed by atoms with Gasteiger partial charge in [-0.15, -0.1) is 0 Å². The summed E-state index contributed by atoms with van der Waals surface area (Å²) in [5.41, 5.74) is 9.30. The van der Waals surface area contributed by atoms with Gasteiger partial charge in [-0.3, -0.25) is 5.43 Å². The van der Waals surface area contributed by atoms with Gasteiger partial charge in [0, 0.05) is 30.8 Å². The zero-order chi connectivity index (χ0) is 21.9. The molecule has 162 valence electrons. The molecule has 2 aromatic heterocycles. The molecule has 7 nitrogen and oxygen atoms in total. The standard InChI is InChI=1S/C25H26N6O/c1-18-5-3-7-20(13-18)17-26-28-23-16-25(30-9-11-32-12-10-30)31-24(27-23)15-22(29-31)21-8-4-6-19(2)14-21/h3-8,13-17H,9-12H2,1-2H3,(H,27,28)/b26-17+. The minimum Gasteiger partial charge on any atom is -0.378 e. The monoisotopic (exact) mass is 426 g/mol. The Morgan fingerprint density at radius 3 is 2.53 bits per heavy atom. The molecule has 3 heterocycles. The molecule has 0 saturated carbocycles. The molecule has 2 aromatic carbocycles. The summed E-state index contributed by atoms with van der Waals surface area (Å²) in [4.78, 5) is 7.04. The fraction of sp³-hybridized carbons (Fsp3) is 0.240. The number of nitrogens with zero attached hydrogens (tertiary/aromatic N) is 5. The zero-order valence-corrected chi connectivity index (χ0v) is 18.3. The molecule has 1 aliphatic heterocycles. The van der Waals surface area contributed by atoms with Gasteiger partial charge in [-0.2, -0.15) is 14.7 Å². The van der Waals surface area contributed by atoms with Gasteiger partial charge in [-0.05, 0) is 25.5 Å². The molecule has 4 aromatic rings. The SMILES string of the molecule is Cc1cccc(/C=N/Nc2cc(N3CCOCC3)n3nc(-c4cccc(C)c4)cc3n2)c1. The number of morpholine rings is 1. The van der Waals surface area contributed by atoms with Crippen LogP contribution in [-0.4, -0.2) is 47.1 Å². The van der Waals surface area contributed by atoms with Crippen molar-refractivity contribution in [2.24, 2.45) is 5.10 Å². The zero-order valence-electron chi connectivity index (χ0n) is 18.3. The van der Waals surface area contributed by atoms with Crippen molar-refractivity contribution in [2.75, 3.05) is 36.6 Å². The van der Waals surface area contributed by atoms with E-state index in [4.69, 9.17) is 14.8 Å². The summed E-state index contributed by atoms with van der Waals surface area (Å²) < 4.78 is 7.46. The van der Waals surface area contributed by atoms with Gasteiger partial charge in [-0.25, -0.2) is 4.98 Å². The smallest absolute Gasteiger partial charge is 0.160 e. The third-order valence-corrected chi connectivity index (χ3v) is 5.49. The number of hydrogen-bond acceptors (Lipinski definition) is 6. The molecular formula is C25H26N6O. The van der Waals surface area contributed by atoms with Gasteiger partial charge in [-0.1, -0.05) is 53.6 Å². The summed E-state index contributed by atoms with van der Waals surface area (Å²) in [6.07, 6.45) is 1.81. The third kappa shape index (κ3) is 4.33. The fourth-order valence-corrected chi connectivity index (χ4v) is 3.90. The van der Waals surface area contributed by atoms with E-state index in [2.05, 4.69) is 65.7 Å². The van der Waals surface area contributed by atoms with Crippen molar-refractivity contribution in [2.45, 2.75) is 13.8 Å². The molecular weight excluding hydrogens is 400 g/mol. The minimum atomic E-state index is 0.679. The van der Waals surface area contributed by atoms with Crippen LogP contribution in [0.15, 0.2) is 65.8 Å². The maximum Gasteiger partial charge on any atom is 0.160 e. The van der Waals surface area contributed by atoms with Crippen molar-refractivity contribution in [1.29, 1.82) is 0 Å². The van der Waals surface area contributed by atoms with Crippen LogP contribution in [0.25, 0.3) is 16.9 Å². The number of nitrogens with one attached hydrogen (secondary N) is 1. The van der Waals surface area contributed by atoms with E-state index in [0.717, 1.165) is 41.4 Å². The van der Waals surface area contributed by atoms with Crippen molar-refractivity contribution in [3.05, 3.63) is 77.4 Å². The Morgan fingerprint density at radius 2 is 1.75 bits per heavy atom. The van der Waals surface area contributed by atoms with Crippen molar-refractivity contribution in [1.82, 2.24) is 14.6 Å². The Balaban J connectivity index is 1.51. The molecule has 1 aliphatic rings. The lowest BCUT2D eigenvalue weighted by Crippen LogP contribution is -2.37. The van der Waals surface area contributed by atoms with Gasteiger partial charge in [0.1, 0.15) is 5.82 Å². The van der Waals surface area contributed by atoms with Crippen LogP contribution in [0, 0.1) is 13.8 Å². The topological polar surface area (TPSA) is 67.0 Å². The lowest BCUT2D eigenvalue weighted by atomic mass is 10.1. The highest BCUT2D eigenvalue weighted by atomic mass is 16.5. The lowest BCUT2D eigenvalue weighted by molar-refractivity contribution is 0.122. The average molecular weight is 427 g/mol. The first-order chi connectivity index (χ1) is 15.7. The van der Waals surface area contributed by atoms with Gasteiger partial charge >= 0.3 is 0 Å². The van der Waals surface area contributed by atoms with E-state index < -0.39 is 0 Å². The van der Waals surface area contributed by atoms with E-state index >= 15 is 0 Å². The van der Waals surface area contributed by atoms with Crippen molar-refractivity contribution in [3.8, 4) is 11.3 Å². The van der Waals surface area contributed by atoms with Crippen LogP contribution in [0.3, 0.4) is 0 Å². The summed E-state index contributed by atoms with van der Waals surface area (Å²) in [5.74, 6) is 1.66. The number of aromatic nitrogens is 3. The van der Waals surface area contributed by atoms with E-state index in [9.17, 15) is 0 Å². The predicted molar refractivity (Wildman–Crippen MR) is 129 cm³/mol. The summed E-state index contributed by atoms with van der Waals surface area (Å²) >= 11 is 0. The molecule has 1 N–H and O–H groups in total. The normalized spacial score (nSPS) is 14.4. The molecule has 0 amide bonds. The first-order valence-electron chi connectivity index (χ1n) is 10.8. The second kappa shape index (κ2) is 8.80. The first kappa shape index (κ1) is 20.2. The number of hydrazone groups is 1. The van der Waals surface area contributed by atoms with Gasteiger partial charge in [0.05, 0.1) is 25.1 Å². The Hall–Kier alpha value is -3.71. The molecule has 1 fully saturated rings. The number of hydrogen-bond donors (Lipinski definition) is 1. The molecule has 7 heteroatoms. The lowest BCUT2D eigenvalue weighted by Gasteiger charge is -2.29. The highest BCUT2D eigenvalue weighted by Crippen LogP contribution is 2.26. The van der Waals surface area contributed by atoms with Crippen LogP contribution in [0.1, 0.15) is 16.7 Å². The first-order valence-corrected chi connectivity index (χ1v) is 10.8. The molecule has 0 bridgehead atoms. The summed E-state index contributed by atoms with van der Waals surface area (Å²) in [5, 5.41) is 9.30. The van der Waals surface area contributed by atoms with Crippen molar-refractivity contribution < 1.29 is 4.74 Å². The molecule has 32 heavy (non-hydrogen) atoms. The van der Waals surface area contributed by atoms with Gasteiger partial charge in [0.2, 0.25) is 0 Å². The Bertz CT molecular complexity index is 1270. The molecule has 0 unspecified atom stereocenters. The molecule has 0 aliphatic carbocycles. The molecule has 0 spiro atoms. The van der Waals surface area contributed by atoms with Gasteiger partial charge < -0.3 is 9.64 Å². The third-order valence-electron chi connectivity index (χ3n) is 5.49. The highest BCUT2D eigenvalue weighted by molar-refractivity contribution is 5.80. The van der Waals surface area contributed by atoms with E-state index in [1.807, 2.05) is 35.0 Å². The maximum absolute atomic E-state index is 5.55. The second-order valence-corrected chi connectivity index (χ2v) is 8.05. The number of rotatable bonds is 5.